The Balaban J connectivity index is 4.52. The second-order valence-electron chi connectivity index (χ2n) is 15.7. The summed E-state index contributed by atoms with van der Waals surface area (Å²) < 4.78 is 33.8. The molecule has 2 atom stereocenters. The second kappa shape index (κ2) is 39.6. The number of carbonyl (C=O) groups excluding carboxylic acids is 2. The summed E-state index contributed by atoms with van der Waals surface area (Å²) in [6.07, 6.45) is 50.5. The molecule has 0 rings (SSSR count). The van der Waals surface area contributed by atoms with Crippen LogP contribution in [0.25, 0.3) is 0 Å². The van der Waals surface area contributed by atoms with Crippen LogP contribution in [0.5, 0.6) is 0 Å². The van der Waals surface area contributed by atoms with E-state index < -0.39 is 32.5 Å². The molecular weight excluding hydrogens is 750 g/mol. The number of unbranched alkanes of at least 4 members (excludes halogenated alkanes) is 11. The Kier molecular flexibility index (Phi) is 37.7. The maximum atomic E-state index is 12.7. The molecule has 0 radical (unpaired) electrons. The fraction of sp³-hybridized carbons (Fsp3) is 0.667. The van der Waals surface area contributed by atoms with Crippen LogP contribution in [0.4, 0.5) is 0 Å². The van der Waals surface area contributed by atoms with E-state index in [1.54, 1.807) is 0 Å². The third kappa shape index (κ3) is 42.8. The average molecular weight is 832 g/mol. The van der Waals surface area contributed by atoms with Gasteiger partial charge in [0.05, 0.1) is 27.7 Å². The molecule has 58 heavy (non-hydrogen) atoms. The van der Waals surface area contributed by atoms with E-state index in [1.165, 1.54) is 51.4 Å². The van der Waals surface area contributed by atoms with E-state index in [0.29, 0.717) is 23.9 Å². The zero-order valence-electron chi connectivity index (χ0n) is 37.2. The van der Waals surface area contributed by atoms with Crippen molar-refractivity contribution in [1.29, 1.82) is 0 Å². The molecule has 0 aromatic rings. The SMILES string of the molecule is CCCCC/C=C\C/C=C\C/C=C\C/C=C\C/C=C\CCC(=O)OC[C@H](COP(=O)([O-])OCC[N+](C)(C)C)OC(=O)CCCCCCC/C=C\C/C=C\CCCCC. The molecular formula is C48H82NO8P. The van der Waals surface area contributed by atoms with Crippen LogP contribution < -0.4 is 4.89 Å². The molecule has 0 heterocycles. The van der Waals surface area contributed by atoms with Crippen molar-refractivity contribution in [2.75, 3.05) is 47.5 Å². The number of esters is 2. The van der Waals surface area contributed by atoms with Crippen molar-refractivity contribution in [3.8, 4) is 0 Å². The van der Waals surface area contributed by atoms with Crippen LogP contribution in [0.3, 0.4) is 0 Å². The van der Waals surface area contributed by atoms with E-state index in [2.05, 4.69) is 86.8 Å². The number of hydrogen-bond acceptors (Lipinski definition) is 8. The predicted octanol–water partition coefficient (Wildman–Crippen LogP) is 12.2. The Labute approximate surface area is 354 Å². The van der Waals surface area contributed by atoms with Crippen molar-refractivity contribution in [3.05, 3.63) is 85.1 Å². The third-order valence-electron chi connectivity index (χ3n) is 8.90. The van der Waals surface area contributed by atoms with E-state index in [1.807, 2.05) is 33.3 Å². The summed E-state index contributed by atoms with van der Waals surface area (Å²) in [4.78, 5) is 37.5. The number of phosphoric ester groups is 1. The summed E-state index contributed by atoms with van der Waals surface area (Å²) in [7, 11) is 1.10. The van der Waals surface area contributed by atoms with Crippen LogP contribution in [0.15, 0.2) is 85.1 Å². The smallest absolute Gasteiger partial charge is 0.306 e. The summed E-state index contributed by atoms with van der Waals surface area (Å²) in [5.74, 6) is -0.955. The highest BCUT2D eigenvalue weighted by Gasteiger charge is 2.21. The van der Waals surface area contributed by atoms with Crippen LogP contribution in [0.1, 0.15) is 155 Å². The molecule has 332 valence electrons. The van der Waals surface area contributed by atoms with Crippen molar-refractivity contribution >= 4 is 19.8 Å². The summed E-state index contributed by atoms with van der Waals surface area (Å²) in [6.45, 7) is 4.05. The predicted molar refractivity (Wildman–Crippen MR) is 240 cm³/mol. The fourth-order valence-corrected chi connectivity index (χ4v) is 6.10. The molecule has 1 unspecified atom stereocenters. The standard InChI is InChI=1S/C48H82NO8P/c1-6-8-10-12-14-16-18-20-22-23-24-25-27-28-30-32-34-36-38-40-47(50)54-44-46(45-56-58(52,53)55-43-42-49(3,4)5)57-48(51)41-39-37-35-33-31-29-26-21-19-17-15-13-11-9-7-2/h14-17,20-22,24-26,28,30,34,36,46H,6-13,18-19,23,27,29,31-33,35,37-45H2,1-5H3/b16-14-,17-15-,22-20-,25-24-,26-21-,30-28-,36-34-/t46-/m1/s1. The Bertz CT molecular complexity index is 1260. The molecule has 0 N–H and O–H groups in total. The van der Waals surface area contributed by atoms with Gasteiger partial charge in [0.1, 0.15) is 19.8 Å². The van der Waals surface area contributed by atoms with Gasteiger partial charge >= 0.3 is 11.9 Å². The number of carbonyl (C=O) groups is 2. The third-order valence-corrected chi connectivity index (χ3v) is 9.87. The van der Waals surface area contributed by atoms with Gasteiger partial charge in [-0.05, 0) is 83.5 Å². The molecule has 0 amide bonds. The Morgan fingerprint density at radius 1 is 0.534 bits per heavy atom. The molecule has 9 nitrogen and oxygen atoms in total. The van der Waals surface area contributed by atoms with E-state index in [-0.39, 0.29) is 26.1 Å². The zero-order chi connectivity index (χ0) is 42.8. The lowest BCUT2D eigenvalue weighted by molar-refractivity contribution is -0.870. The number of likely N-dealkylation sites (N-methyl/N-ethyl adjacent to an activating group) is 1. The van der Waals surface area contributed by atoms with Gasteiger partial charge in [-0.1, -0.05) is 144 Å². The van der Waals surface area contributed by atoms with Crippen molar-refractivity contribution in [2.24, 2.45) is 0 Å². The fourth-order valence-electron chi connectivity index (χ4n) is 5.37. The lowest BCUT2D eigenvalue weighted by atomic mass is 10.1. The van der Waals surface area contributed by atoms with Gasteiger partial charge in [0.15, 0.2) is 6.10 Å². The molecule has 0 aliphatic carbocycles. The van der Waals surface area contributed by atoms with E-state index in [4.69, 9.17) is 18.5 Å². The van der Waals surface area contributed by atoms with Gasteiger partial charge in [0, 0.05) is 12.8 Å². The van der Waals surface area contributed by atoms with Crippen molar-refractivity contribution in [3.63, 3.8) is 0 Å². The molecule has 0 aliphatic rings. The van der Waals surface area contributed by atoms with Crippen LogP contribution in [0, 0.1) is 0 Å². The molecule has 0 saturated carbocycles. The molecule has 0 aromatic heterocycles. The van der Waals surface area contributed by atoms with E-state index in [0.717, 1.165) is 64.2 Å². The molecule has 0 fully saturated rings. The van der Waals surface area contributed by atoms with Crippen molar-refractivity contribution in [1.82, 2.24) is 0 Å². The Hall–Kier alpha value is -2.81. The highest BCUT2D eigenvalue weighted by Crippen LogP contribution is 2.38. The van der Waals surface area contributed by atoms with Gasteiger partial charge in [-0.3, -0.25) is 14.2 Å². The van der Waals surface area contributed by atoms with Gasteiger partial charge in [-0.15, -0.1) is 0 Å². The number of allylic oxidation sites excluding steroid dienone is 14. The van der Waals surface area contributed by atoms with Crippen molar-refractivity contribution in [2.45, 2.75) is 161 Å². The van der Waals surface area contributed by atoms with Gasteiger partial charge in [0.25, 0.3) is 7.82 Å². The first-order valence-electron chi connectivity index (χ1n) is 22.3. The first-order chi connectivity index (χ1) is 28.0. The zero-order valence-corrected chi connectivity index (χ0v) is 38.1. The van der Waals surface area contributed by atoms with Gasteiger partial charge in [0.2, 0.25) is 0 Å². The summed E-state index contributed by atoms with van der Waals surface area (Å²) >= 11 is 0. The van der Waals surface area contributed by atoms with Gasteiger partial charge in [-0.2, -0.15) is 0 Å². The Morgan fingerprint density at radius 2 is 0.966 bits per heavy atom. The van der Waals surface area contributed by atoms with E-state index in [9.17, 15) is 19.0 Å². The first-order valence-corrected chi connectivity index (χ1v) is 23.8. The monoisotopic (exact) mass is 832 g/mol. The molecule has 0 aromatic carbocycles. The molecule has 0 spiro atoms. The largest absolute Gasteiger partial charge is 0.756 e. The molecule has 0 saturated heterocycles. The van der Waals surface area contributed by atoms with E-state index >= 15 is 0 Å². The van der Waals surface area contributed by atoms with Gasteiger partial charge in [-0.25, -0.2) is 0 Å². The topological polar surface area (TPSA) is 111 Å². The van der Waals surface area contributed by atoms with Crippen molar-refractivity contribution < 1.29 is 42.1 Å². The summed E-state index contributed by atoms with van der Waals surface area (Å²) in [5.41, 5.74) is 0. The first kappa shape index (κ1) is 55.2. The average Bonchev–Trinajstić information content (AvgIpc) is 3.17. The minimum atomic E-state index is -4.65. The Morgan fingerprint density at radius 3 is 1.45 bits per heavy atom. The maximum absolute atomic E-state index is 12.7. The van der Waals surface area contributed by atoms with Gasteiger partial charge < -0.3 is 27.9 Å². The maximum Gasteiger partial charge on any atom is 0.306 e. The number of ether oxygens (including phenoxy) is 2. The summed E-state index contributed by atoms with van der Waals surface area (Å²) in [5, 5.41) is 0. The van der Waals surface area contributed by atoms with Crippen LogP contribution in [-0.2, 0) is 32.7 Å². The minimum Gasteiger partial charge on any atom is -0.756 e. The highest BCUT2D eigenvalue weighted by atomic mass is 31.2. The highest BCUT2D eigenvalue weighted by molar-refractivity contribution is 7.45. The number of quaternary nitrogens is 1. The molecule has 0 bridgehead atoms. The molecule has 0 aliphatic heterocycles. The number of phosphoric acid groups is 1. The summed E-state index contributed by atoms with van der Waals surface area (Å²) in [6, 6.07) is 0. The number of hydrogen-bond donors (Lipinski definition) is 0. The lowest BCUT2D eigenvalue weighted by Crippen LogP contribution is -2.37. The van der Waals surface area contributed by atoms with Crippen LogP contribution in [0.2, 0.25) is 0 Å². The molecule has 10 heteroatoms. The minimum absolute atomic E-state index is 0.0491. The second-order valence-corrected chi connectivity index (χ2v) is 17.1. The number of rotatable bonds is 39. The van der Waals surface area contributed by atoms with Crippen LogP contribution >= 0.6 is 7.82 Å². The number of nitrogens with zero attached hydrogens (tertiary/aromatic N) is 1. The van der Waals surface area contributed by atoms with Crippen LogP contribution in [-0.4, -0.2) is 70.0 Å². The lowest BCUT2D eigenvalue weighted by Gasteiger charge is -2.28. The normalized spacial score (nSPS) is 14.4. The quantitative estimate of drug-likeness (QED) is 0.0198.